The van der Waals surface area contributed by atoms with Gasteiger partial charge in [0.05, 0.1) is 10.4 Å². The van der Waals surface area contributed by atoms with Crippen molar-refractivity contribution in [3.05, 3.63) is 37.9 Å². The van der Waals surface area contributed by atoms with Crippen LogP contribution in [-0.2, 0) is 23.2 Å². The second kappa shape index (κ2) is 6.21. The number of aliphatic hydroxyl groups is 1. The minimum absolute atomic E-state index is 0.0688. The molecule has 116 valence electrons. The van der Waals surface area contributed by atoms with Crippen LogP contribution in [0.15, 0.2) is 24.5 Å². The molecule has 0 saturated carbocycles. The van der Waals surface area contributed by atoms with E-state index < -0.39 is 10.0 Å². The predicted molar refractivity (Wildman–Crippen MR) is 84.8 cm³/mol. The van der Waals surface area contributed by atoms with Crippen molar-refractivity contribution in [3.8, 4) is 0 Å². The van der Waals surface area contributed by atoms with Gasteiger partial charge in [0.15, 0.2) is 0 Å². The first-order valence-corrected chi connectivity index (χ1v) is 9.27. The Morgan fingerprint density at radius 3 is 2.57 bits per heavy atom. The van der Waals surface area contributed by atoms with E-state index in [1.807, 2.05) is 11.4 Å². The van der Waals surface area contributed by atoms with Gasteiger partial charge in [0.1, 0.15) is 16.4 Å². The summed E-state index contributed by atoms with van der Waals surface area (Å²) in [5.41, 5.74) is 1.23. The fraction of sp³-hybridized carbons (Fsp3) is 0.385. The summed E-state index contributed by atoms with van der Waals surface area (Å²) in [5.74, 6) is 0.732. The molecule has 0 bridgehead atoms. The van der Waals surface area contributed by atoms with Crippen LogP contribution in [-0.4, -0.2) is 24.9 Å². The molecule has 0 saturated heterocycles. The third-order valence-corrected chi connectivity index (χ3v) is 6.73. The van der Waals surface area contributed by atoms with Crippen molar-refractivity contribution in [2.75, 3.05) is 7.05 Å². The molecule has 2 aromatic rings. The van der Waals surface area contributed by atoms with Crippen LogP contribution in [0.4, 0.5) is 0 Å². The van der Waals surface area contributed by atoms with Gasteiger partial charge in [-0.3, -0.25) is 0 Å². The van der Waals surface area contributed by atoms with Gasteiger partial charge in [0, 0.05) is 19.2 Å². The largest absolute Gasteiger partial charge is 0.465 e. The lowest BCUT2D eigenvalue weighted by Crippen LogP contribution is -2.27. The van der Waals surface area contributed by atoms with E-state index in [0.717, 1.165) is 9.35 Å². The summed E-state index contributed by atoms with van der Waals surface area (Å²) in [7, 11) is -2.19. The second-order valence-electron chi connectivity index (χ2n) is 4.70. The number of thiophene rings is 1. The highest BCUT2D eigenvalue weighted by atomic mass is 79.9. The Kier molecular flexibility index (Phi) is 4.94. The monoisotopic (exact) mass is 393 g/mol. The molecule has 1 N–H and O–H groups in total. The highest BCUT2D eigenvalue weighted by Crippen LogP contribution is 2.30. The SMILES string of the molecule is Cc1oc(C)c(S(=O)(=O)N(C)Cc2csc(Br)c2)c1CO. The standard InChI is InChI=1S/C13H16BrNO4S2/c1-8-11(6-16)13(9(2)19-8)21(17,18)15(3)5-10-4-12(14)20-7-10/h4,7,16H,5-6H2,1-3H3. The molecular formula is C13H16BrNO4S2. The molecule has 21 heavy (non-hydrogen) atoms. The van der Waals surface area contributed by atoms with Crippen LogP contribution in [0.5, 0.6) is 0 Å². The zero-order valence-corrected chi connectivity index (χ0v) is 15.1. The lowest BCUT2D eigenvalue weighted by atomic mass is 10.2. The van der Waals surface area contributed by atoms with E-state index in [2.05, 4.69) is 15.9 Å². The number of halogens is 1. The molecule has 2 aromatic heterocycles. The van der Waals surface area contributed by atoms with Crippen molar-refractivity contribution >= 4 is 37.3 Å². The first-order valence-electron chi connectivity index (χ1n) is 6.16. The number of hydrogen-bond acceptors (Lipinski definition) is 5. The molecule has 0 aliphatic carbocycles. The molecule has 0 amide bonds. The fourth-order valence-corrected chi connectivity index (χ4v) is 4.91. The van der Waals surface area contributed by atoms with E-state index in [9.17, 15) is 13.5 Å². The van der Waals surface area contributed by atoms with Crippen molar-refractivity contribution < 1.29 is 17.9 Å². The Morgan fingerprint density at radius 1 is 1.38 bits per heavy atom. The van der Waals surface area contributed by atoms with E-state index >= 15 is 0 Å². The van der Waals surface area contributed by atoms with Crippen molar-refractivity contribution in [2.45, 2.75) is 31.9 Å². The lowest BCUT2D eigenvalue weighted by Gasteiger charge is -2.17. The summed E-state index contributed by atoms with van der Waals surface area (Å²) < 4.78 is 33.0. The topological polar surface area (TPSA) is 70.8 Å². The van der Waals surface area contributed by atoms with Crippen LogP contribution in [0, 0.1) is 13.8 Å². The number of hydrogen-bond donors (Lipinski definition) is 1. The Balaban J connectivity index is 2.37. The fourth-order valence-electron chi connectivity index (χ4n) is 2.16. The van der Waals surface area contributed by atoms with Gasteiger partial charge in [-0.05, 0) is 46.8 Å². The average Bonchev–Trinajstić information content (AvgIpc) is 2.92. The molecule has 5 nitrogen and oxygen atoms in total. The minimum atomic E-state index is -3.71. The predicted octanol–water partition coefficient (Wildman–Crippen LogP) is 3.03. The highest BCUT2D eigenvalue weighted by Gasteiger charge is 2.30. The zero-order valence-electron chi connectivity index (χ0n) is 11.9. The average molecular weight is 394 g/mol. The number of aliphatic hydroxyl groups excluding tert-OH is 1. The third kappa shape index (κ3) is 3.24. The van der Waals surface area contributed by atoms with E-state index in [1.54, 1.807) is 13.8 Å². The molecule has 0 aliphatic rings. The second-order valence-corrected chi connectivity index (χ2v) is 8.97. The molecule has 2 rings (SSSR count). The van der Waals surface area contributed by atoms with Gasteiger partial charge >= 0.3 is 0 Å². The van der Waals surface area contributed by atoms with Gasteiger partial charge < -0.3 is 9.52 Å². The van der Waals surface area contributed by atoms with Crippen molar-refractivity contribution in [1.29, 1.82) is 0 Å². The van der Waals surface area contributed by atoms with Gasteiger partial charge in [-0.15, -0.1) is 11.3 Å². The lowest BCUT2D eigenvalue weighted by molar-refractivity contribution is 0.276. The molecule has 8 heteroatoms. The van der Waals surface area contributed by atoms with Crippen LogP contribution >= 0.6 is 27.3 Å². The van der Waals surface area contributed by atoms with Gasteiger partial charge in [0.25, 0.3) is 0 Å². The molecule has 0 spiro atoms. The number of aryl methyl sites for hydroxylation is 2. The van der Waals surface area contributed by atoms with Crippen LogP contribution < -0.4 is 0 Å². The Morgan fingerprint density at radius 2 is 2.05 bits per heavy atom. The van der Waals surface area contributed by atoms with Crippen molar-refractivity contribution in [3.63, 3.8) is 0 Å². The van der Waals surface area contributed by atoms with Crippen molar-refractivity contribution in [1.82, 2.24) is 4.31 Å². The molecule has 2 heterocycles. The molecule has 0 fully saturated rings. The molecule has 0 atom stereocenters. The smallest absolute Gasteiger partial charge is 0.246 e. The molecule has 0 aromatic carbocycles. The normalized spacial score (nSPS) is 12.3. The van der Waals surface area contributed by atoms with Crippen LogP contribution in [0.2, 0.25) is 0 Å². The Bertz CT molecular complexity index is 748. The molecule has 0 radical (unpaired) electrons. The summed E-state index contributed by atoms with van der Waals surface area (Å²) in [6.45, 7) is 3.14. The maximum atomic E-state index is 12.7. The van der Waals surface area contributed by atoms with Crippen LogP contribution in [0.25, 0.3) is 0 Å². The summed E-state index contributed by atoms with van der Waals surface area (Å²) in [6, 6.07) is 1.89. The highest BCUT2D eigenvalue weighted by molar-refractivity contribution is 9.11. The maximum Gasteiger partial charge on any atom is 0.246 e. The number of furan rings is 1. The van der Waals surface area contributed by atoms with E-state index in [0.29, 0.717) is 17.1 Å². The quantitative estimate of drug-likeness (QED) is 0.847. The summed E-state index contributed by atoms with van der Waals surface area (Å²) in [4.78, 5) is 0.0688. The van der Waals surface area contributed by atoms with Crippen LogP contribution in [0.3, 0.4) is 0 Å². The summed E-state index contributed by atoms with van der Waals surface area (Å²) in [6.07, 6.45) is 0. The molecule has 0 unspecified atom stereocenters. The van der Waals surface area contributed by atoms with Gasteiger partial charge in [-0.2, -0.15) is 4.31 Å². The van der Waals surface area contributed by atoms with E-state index in [-0.39, 0.29) is 18.0 Å². The number of nitrogens with zero attached hydrogens (tertiary/aromatic N) is 1. The van der Waals surface area contributed by atoms with Gasteiger partial charge in [-0.1, -0.05) is 0 Å². The number of sulfonamides is 1. The van der Waals surface area contributed by atoms with E-state index in [1.165, 1.54) is 22.7 Å². The first-order chi connectivity index (χ1) is 9.77. The van der Waals surface area contributed by atoms with Crippen LogP contribution in [0.1, 0.15) is 22.6 Å². The van der Waals surface area contributed by atoms with Gasteiger partial charge in [-0.25, -0.2) is 8.42 Å². The zero-order chi connectivity index (χ0) is 15.8. The number of rotatable bonds is 5. The van der Waals surface area contributed by atoms with Gasteiger partial charge in [0.2, 0.25) is 10.0 Å². The maximum absolute atomic E-state index is 12.7. The van der Waals surface area contributed by atoms with Crippen molar-refractivity contribution in [2.24, 2.45) is 0 Å². The first kappa shape index (κ1) is 16.7. The summed E-state index contributed by atoms with van der Waals surface area (Å²) >= 11 is 4.86. The molecule has 0 aliphatic heterocycles. The Labute approximate surface area is 136 Å². The Hall–Kier alpha value is -0.670. The summed E-state index contributed by atoms with van der Waals surface area (Å²) in [5, 5.41) is 11.3. The van der Waals surface area contributed by atoms with E-state index in [4.69, 9.17) is 4.42 Å². The minimum Gasteiger partial charge on any atom is -0.465 e. The third-order valence-electron chi connectivity index (χ3n) is 3.18. The molecular weight excluding hydrogens is 378 g/mol.